The molecule has 0 saturated carbocycles. The fourth-order valence-electron chi connectivity index (χ4n) is 1.85. The van der Waals surface area contributed by atoms with Crippen molar-refractivity contribution in [1.82, 2.24) is 5.32 Å². The van der Waals surface area contributed by atoms with E-state index in [1.54, 1.807) is 7.05 Å². The van der Waals surface area contributed by atoms with Crippen molar-refractivity contribution in [2.24, 2.45) is 0 Å². The molecule has 0 spiro atoms. The van der Waals surface area contributed by atoms with Gasteiger partial charge in [0.25, 0.3) is 0 Å². The fraction of sp³-hybridized carbons (Fsp3) is 0.368. The Morgan fingerprint density at radius 3 is 2.44 bits per heavy atom. The summed E-state index contributed by atoms with van der Waals surface area (Å²) in [5.41, 5.74) is 0.979. The van der Waals surface area contributed by atoms with Crippen molar-refractivity contribution < 1.29 is 19.1 Å². The number of nitrogens with one attached hydrogen (secondary N) is 1. The molecule has 0 amide bonds. The number of aryl methyl sites for hydroxylation is 1. The molecule has 0 saturated heterocycles. The summed E-state index contributed by atoms with van der Waals surface area (Å²) in [6.45, 7) is 5.09. The highest BCUT2D eigenvalue weighted by Crippen LogP contribution is 2.11. The highest BCUT2D eigenvalue weighted by molar-refractivity contribution is 7.13. The van der Waals surface area contributed by atoms with Gasteiger partial charge in [0.15, 0.2) is 6.29 Å². The number of rotatable bonds is 8. The normalized spacial score (nSPS) is 11.2. The van der Waals surface area contributed by atoms with Gasteiger partial charge in [-0.15, -0.1) is 11.3 Å². The largest absolute Gasteiger partial charge is 0.460 e. The van der Waals surface area contributed by atoms with Gasteiger partial charge >= 0.3 is 5.97 Å². The zero-order valence-electron chi connectivity index (χ0n) is 14.9. The van der Waals surface area contributed by atoms with Crippen LogP contribution in [0.4, 0.5) is 0 Å². The van der Waals surface area contributed by atoms with E-state index in [1.807, 2.05) is 56.3 Å². The lowest BCUT2D eigenvalue weighted by Gasteiger charge is -2.14. The number of aldehydes is 1. The maximum absolute atomic E-state index is 11.7. The molecule has 0 aliphatic rings. The van der Waals surface area contributed by atoms with Gasteiger partial charge in [-0.05, 0) is 38.6 Å². The van der Waals surface area contributed by atoms with Gasteiger partial charge in [-0.3, -0.25) is 9.59 Å². The molecule has 0 aliphatic carbocycles. The van der Waals surface area contributed by atoms with E-state index in [0.717, 1.165) is 16.7 Å². The van der Waals surface area contributed by atoms with E-state index < -0.39 is 6.04 Å². The maximum Gasteiger partial charge on any atom is 0.325 e. The Labute approximate surface area is 153 Å². The molecular formula is C19H25NO4S. The molecule has 0 radical (unpaired) electrons. The molecule has 1 aromatic heterocycles. The quantitative estimate of drug-likeness (QED) is 0.576. The third-order valence-corrected chi connectivity index (χ3v) is 4.15. The second-order valence-corrected chi connectivity index (χ2v) is 6.48. The molecule has 0 fully saturated rings. The first-order chi connectivity index (χ1) is 12.1. The van der Waals surface area contributed by atoms with Crippen LogP contribution in [0.15, 0.2) is 42.5 Å². The number of hydrogen-bond donors (Lipinski definition) is 1. The van der Waals surface area contributed by atoms with Crippen molar-refractivity contribution in [2.75, 3.05) is 20.3 Å². The van der Waals surface area contributed by atoms with Crippen LogP contribution < -0.4 is 5.32 Å². The summed E-state index contributed by atoms with van der Waals surface area (Å²) in [6, 6.07) is 13.0. The van der Waals surface area contributed by atoms with E-state index in [-0.39, 0.29) is 5.97 Å². The van der Waals surface area contributed by atoms with E-state index in [0.29, 0.717) is 19.8 Å². The van der Waals surface area contributed by atoms with Gasteiger partial charge in [0.1, 0.15) is 12.6 Å². The molecule has 1 N–H and O–H groups in total. The monoisotopic (exact) mass is 363 g/mol. The van der Waals surface area contributed by atoms with Crippen LogP contribution >= 0.6 is 11.3 Å². The number of ether oxygens (including phenoxy) is 2. The van der Waals surface area contributed by atoms with Crippen molar-refractivity contribution in [2.45, 2.75) is 26.5 Å². The first-order valence-corrected chi connectivity index (χ1v) is 8.89. The van der Waals surface area contributed by atoms with Crippen LogP contribution in [-0.2, 0) is 20.9 Å². The van der Waals surface area contributed by atoms with Gasteiger partial charge in [-0.2, -0.15) is 0 Å². The number of benzene rings is 1. The lowest BCUT2D eigenvalue weighted by atomic mass is 10.2. The molecule has 0 bridgehead atoms. The molecule has 1 aromatic carbocycles. The Hall–Kier alpha value is -2.02. The van der Waals surface area contributed by atoms with E-state index in [4.69, 9.17) is 9.47 Å². The van der Waals surface area contributed by atoms with Crippen molar-refractivity contribution >= 4 is 23.6 Å². The average molecular weight is 363 g/mol. The maximum atomic E-state index is 11.7. The zero-order chi connectivity index (χ0) is 18.5. The molecule has 1 heterocycles. The third-order valence-electron chi connectivity index (χ3n) is 3.22. The van der Waals surface area contributed by atoms with Crippen LogP contribution in [0.2, 0.25) is 0 Å². The van der Waals surface area contributed by atoms with Crippen LogP contribution in [0.1, 0.15) is 27.0 Å². The number of carbonyl (C=O) groups excluding carboxylic acids is 2. The van der Waals surface area contributed by atoms with Gasteiger partial charge in [-0.25, -0.2) is 0 Å². The minimum Gasteiger partial charge on any atom is -0.460 e. The van der Waals surface area contributed by atoms with Crippen LogP contribution in [0.25, 0.3) is 0 Å². The van der Waals surface area contributed by atoms with E-state index in [2.05, 4.69) is 5.32 Å². The Balaban J connectivity index is 0.000000324. The second kappa shape index (κ2) is 12.4. The fourth-order valence-corrected chi connectivity index (χ4v) is 2.54. The number of carbonyl (C=O) groups is 2. The van der Waals surface area contributed by atoms with Gasteiger partial charge in [0.2, 0.25) is 0 Å². The summed E-state index contributed by atoms with van der Waals surface area (Å²) in [6.07, 6.45) is 0.873. The molecule has 1 unspecified atom stereocenters. The van der Waals surface area contributed by atoms with Crippen LogP contribution in [-0.4, -0.2) is 38.6 Å². The van der Waals surface area contributed by atoms with Gasteiger partial charge in [0.05, 0.1) is 11.5 Å². The predicted molar refractivity (Wildman–Crippen MR) is 100 cm³/mol. The van der Waals surface area contributed by atoms with Gasteiger partial charge in [0, 0.05) is 11.5 Å². The average Bonchev–Trinajstić information content (AvgIpc) is 3.07. The topological polar surface area (TPSA) is 64.6 Å². The number of likely N-dealkylation sites (N-methyl/N-ethyl adjacent to an activating group) is 1. The van der Waals surface area contributed by atoms with Crippen LogP contribution in [0.5, 0.6) is 0 Å². The molecule has 2 rings (SSSR count). The Kier molecular flexibility index (Phi) is 10.4. The summed E-state index contributed by atoms with van der Waals surface area (Å²) in [5, 5.41) is 2.87. The molecular weight excluding hydrogens is 338 g/mol. The second-order valence-electron chi connectivity index (χ2n) is 5.16. The molecule has 25 heavy (non-hydrogen) atoms. The Morgan fingerprint density at radius 1 is 1.24 bits per heavy atom. The zero-order valence-corrected chi connectivity index (χ0v) is 15.7. The Morgan fingerprint density at radius 2 is 1.96 bits per heavy atom. The standard InChI is InChI=1S/C13H19NO3.C6H6OS/c1-3-16-10-12(14-2)13(15)17-9-11-7-5-4-6-8-11;1-5-2-3-6(4-7)8-5/h4-8,12,14H,3,9-10H2,1-2H3;2-4H,1H3. The van der Waals surface area contributed by atoms with E-state index in [9.17, 15) is 9.59 Å². The predicted octanol–water partition coefficient (Wildman–Crippen LogP) is 3.22. The van der Waals surface area contributed by atoms with Crippen molar-refractivity contribution in [3.8, 4) is 0 Å². The summed E-state index contributed by atoms with van der Waals surface area (Å²) in [5.74, 6) is -0.287. The summed E-state index contributed by atoms with van der Waals surface area (Å²) < 4.78 is 10.4. The van der Waals surface area contributed by atoms with Gasteiger partial charge < -0.3 is 14.8 Å². The lowest BCUT2D eigenvalue weighted by molar-refractivity contribution is -0.149. The van der Waals surface area contributed by atoms with Crippen LogP contribution in [0.3, 0.4) is 0 Å². The van der Waals surface area contributed by atoms with Crippen molar-refractivity contribution in [1.29, 1.82) is 0 Å². The first-order valence-electron chi connectivity index (χ1n) is 8.07. The molecule has 5 nitrogen and oxygen atoms in total. The molecule has 6 heteroatoms. The Bertz CT molecular complexity index is 627. The number of thiophene rings is 1. The SMILES string of the molecule is CCOCC(NC)C(=O)OCc1ccccc1.Cc1ccc(C=O)s1. The van der Waals surface area contributed by atoms with Crippen molar-refractivity contribution in [3.05, 3.63) is 57.8 Å². The van der Waals surface area contributed by atoms with Gasteiger partial charge in [-0.1, -0.05) is 30.3 Å². The molecule has 136 valence electrons. The summed E-state index contributed by atoms with van der Waals surface area (Å²) in [7, 11) is 1.72. The minimum absolute atomic E-state index is 0.287. The highest BCUT2D eigenvalue weighted by atomic mass is 32.1. The minimum atomic E-state index is -0.404. The van der Waals surface area contributed by atoms with Crippen molar-refractivity contribution in [3.63, 3.8) is 0 Å². The third kappa shape index (κ3) is 8.58. The lowest BCUT2D eigenvalue weighted by Crippen LogP contribution is -2.39. The van der Waals surface area contributed by atoms with E-state index in [1.165, 1.54) is 16.2 Å². The van der Waals surface area contributed by atoms with E-state index >= 15 is 0 Å². The summed E-state index contributed by atoms with van der Waals surface area (Å²) >= 11 is 1.52. The number of hydrogen-bond acceptors (Lipinski definition) is 6. The number of esters is 1. The van der Waals surface area contributed by atoms with Crippen LogP contribution in [0, 0.1) is 6.92 Å². The smallest absolute Gasteiger partial charge is 0.325 e. The summed E-state index contributed by atoms with van der Waals surface area (Å²) in [4.78, 5) is 23.7. The first kappa shape index (κ1) is 21.0. The molecule has 0 aliphatic heterocycles. The highest BCUT2D eigenvalue weighted by Gasteiger charge is 2.17. The molecule has 2 aromatic rings. The molecule has 1 atom stereocenters.